The Kier molecular flexibility index (Phi) is 3.49. The molecule has 92 valence electrons. The molecule has 0 atom stereocenters. The average molecular weight is 265 g/mol. The zero-order valence-electron chi connectivity index (χ0n) is 8.90. The summed E-state index contributed by atoms with van der Waals surface area (Å²) in [5, 5.41) is 15.8. The topological polar surface area (TPSA) is 97.7 Å². The van der Waals surface area contributed by atoms with Crippen molar-refractivity contribution in [2.45, 2.75) is 0 Å². The molecule has 2 rings (SSSR count). The predicted molar refractivity (Wildman–Crippen MR) is 64.7 cm³/mol. The monoisotopic (exact) mass is 265 g/mol. The molecule has 0 bridgehead atoms. The molecule has 0 radical (unpaired) electrons. The predicted octanol–water partition coefficient (Wildman–Crippen LogP) is 2.01. The van der Waals surface area contributed by atoms with Crippen molar-refractivity contribution in [3.8, 4) is 0 Å². The summed E-state index contributed by atoms with van der Waals surface area (Å²) in [5.74, 6) is -0.531. The Labute approximate surface area is 105 Å². The molecule has 8 heteroatoms. The summed E-state index contributed by atoms with van der Waals surface area (Å²) in [7, 11) is 0. The van der Waals surface area contributed by atoms with E-state index in [0.29, 0.717) is 4.88 Å². The van der Waals surface area contributed by atoms with Crippen LogP contribution in [0.5, 0.6) is 0 Å². The minimum atomic E-state index is -0.651. The number of furan rings is 1. The van der Waals surface area contributed by atoms with Gasteiger partial charge in [-0.05, 0) is 17.5 Å². The number of nitrogens with zero attached hydrogens (tertiary/aromatic N) is 2. The molecule has 1 N–H and O–H groups in total. The van der Waals surface area contributed by atoms with Gasteiger partial charge in [0.2, 0.25) is 0 Å². The SMILES string of the molecule is O=C(NN=Cc1ccc([N+](=O)[O-])o1)c1cccs1. The zero-order valence-corrected chi connectivity index (χ0v) is 9.72. The number of hydrazone groups is 1. The van der Waals surface area contributed by atoms with E-state index in [4.69, 9.17) is 4.42 Å². The largest absolute Gasteiger partial charge is 0.433 e. The number of thiophene rings is 1. The van der Waals surface area contributed by atoms with Gasteiger partial charge in [-0.1, -0.05) is 6.07 Å². The Hall–Kier alpha value is -2.48. The highest BCUT2D eigenvalue weighted by Crippen LogP contribution is 2.13. The van der Waals surface area contributed by atoms with E-state index in [9.17, 15) is 14.9 Å². The van der Waals surface area contributed by atoms with Crippen molar-refractivity contribution < 1.29 is 14.1 Å². The van der Waals surface area contributed by atoms with Crippen LogP contribution in [0.3, 0.4) is 0 Å². The summed E-state index contributed by atoms with van der Waals surface area (Å²) < 4.78 is 4.82. The van der Waals surface area contributed by atoms with Crippen molar-refractivity contribution in [3.63, 3.8) is 0 Å². The molecule has 0 aliphatic heterocycles. The van der Waals surface area contributed by atoms with Gasteiger partial charge in [-0.15, -0.1) is 11.3 Å². The van der Waals surface area contributed by atoms with Crippen LogP contribution in [0.1, 0.15) is 15.4 Å². The van der Waals surface area contributed by atoms with Crippen molar-refractivity contribution in [1.29, 1.82) is 0 Å². The molecule has 0 saturated carbocycles. The van der Waals surface area contributed by atoms with Crippen LogP contribution in [0.25, 0.3) is 0 Å². The molecule has 7 nitrogen and oxygen atoms in total. The average Bonchev–Trinajstić information content (AvgIpc) is 3.00. The number of amides is 1. The molecule has 0 spiro atoms. The minimum Gasteiger partial charge on any atom is -0.400 e. The summed E-state index contributed by atoms with van der Waals surface area (Å²) in [6.45, 7) is 0. The van der Waals surface area contributed by atoms with E-state index in [2.05, 4.69) is 10.5 Å². The third kappa shape index (κ3) is 2.80. The number of nitro groups is 1. The summed E-state index contributed by atoms with van der Waals surface area (Å²) in [5.41, 5.74) is 2.28. The minimum absolute atomic E-state index is 0.188. The molecule has 2 aromatic rings. The zero-order chi connectivity index (χ0) is 13.0. The maximum atomic E-state index is 11.5. The van der Waals surface area contributed by atoms with E-state index in [1.807, 2.05) is 0 Å². The molecule has 1 amide bonds. The molecule has 0 aromatic carbocycles. The first-order valence-electron chi connectivity index (χ1n) is 4.78. The Balaban J connectivity index is 1.95. The lowest BCUT2D eigenvalue weighted by Gasteiger charge is -1.93. The smallest absolute Gasteiger partial charge is 0.400 e. The molecule has 0 saturated heterocycles. The lowest BCUT2D eigenvalue weighted by atomic mass is 10.4. The van der Waals surface area contributed by atoms with E-state index in [0.717, 1.165) is 0 Å². The summed E-state index contributed by atoms with van der Waals surface area (Å²) >= 11 is 1.29. The molecule has 2 heterocycles. The van der Waals surface area contributed by atoms with Gasteiger partial charge in [0.05, 0.1) is 17.2 Å². The fourth-order valence-corrected chi connectivity index (χ4v) is 1.74. The van der Waals surface area contributed by atoms with Gasteiger partial charge in [-0.25, -0.2) is 5.43 Å². The first-order chi connectivity index (χ1) is 8.66. The van der Waals surface area contributed by atoms with Crippen molar-refractivity contribution in [2.24, 2.45) is 5.10 Å². The van der Waals surface area contributed by atoms with Gasteiger partial charge in [0.25, 0.3) is 5.91 Å². The number of carbonyl (C=O) groups is 1. The Morgan fingerprint density at radius 1 is 1.50 bits per heavy atom. The van der Waals surface area contributed by atoms with Gasteiger partial charge in [0.1, 0.15) is 4.92 Å². The lowest BCUT2D eigenvalue weighted by molar-refractivity contribution is -0.402. The van der Waals surface area contributed by atoms with Crippen LogP contribution >= 0.6 is 11.3 Å². The molecule has 2 aromatic heterocycles. The van der Waals surface area contributed by atoms with E-state index >= 15 is 0 Å². The molecule has 0 unspecified atom stereocenters. The van der Waals surface area contributed by atoms with Crippen molar-refractivity contribution in [2.75, 3.05) is 0 Å². The third-order valence-electron chi connectivity index (χ3n) is 1.90. The van der Waals surface area contributed by atoms with Crippen LogP contribution in [0.4, 0.5) is 5.88 Å². The van der Waals surface area contributed by atoms with Crippen LogP contribution in [-0.2, 0) is 0 Å². The standard InChI is InChI=1S/C10H7N3O4S/c14-10(8-2-1-5-18-8)12-11-6-7-3-4-9(17-7)13(15)16/h1-6H,(H,12,14). The highest BCUT2D eigenvalue weighted by atomic mass is 32.1. The second kappa shape index (κ2) is 5.23. The summed E-state index contributed by atoms with van der Waals surface area (Å²) in [6.07, 6.45) is 1.19. The van der Waals surface area contributed by atoms with E-state index in [1.165, 1.54) is 29.7 Å². The Morgan fingerprint density at radius 3 is 2.94 bits per heavy atom. The number of nitrogens with one attached hydrogen (secondary N) is 1. The highest BCUT2D eigenvalue weighted by Gasteiger charge is 2.10. The first kappa shape index (κ1) is 12.0. The first-order valence-corrected chi connectivity index (χ1v) is 5.66. The molecule has 0 aliphatic carbocycles. The second-order valence-electron chi connectivity index (χ2n) is 3.11. The normalized spacial score (nSPS) is 10.7. The van der Waals surface area contributed by atoms with Gasteiger partial charge < -0.3 is 4.42 Å². The van der Waals surface area contributed by atoms with Gasteiger partial charge in [-0.3, -0.25) is 14.9 Å². The quantitative estimate of drug-likeness (QED) is 0.519. The molecular weight excluding hydrogens is 258 g/mol. The van der Waals surface area contributed by atoms with E-state index in [1.54, 1.807) is 17.5 Å². The number of hydrogen-bond donors (Lipinski definition) is 1. The van der Waals surface area contributed by atoms with Crippen molar-refractivity contribution >= 4 is 29.3 Å². The van der Waals surface area contributed by atoms with Crippen molar-refractivity contribution in [1.82, 2.24) is 5.43 Å². The van der Waals surface area contributed by atoms with Gasteiger partial charge >= 0.3 is 5.88 Å². The van der Waals surface area contributed by atoms with Gasteiger partial charge in [0, 0.05) is 0 Å². The molecular formula is C10H7N3O4S. The number of carbonyl (C=O) groups excluding carboxylic acids is 1. The highest BCUT2D eigenvalue weighted by molar-refractivity contribution is 7.12. The number of hydrogen-bond acceptors (Lipinski definition) is 6. The Morgan fingerprint density at radius 2 is 2.33 bits per heavy atom. The molecule has 18 heavy (non-hydrogen) atoms. The Bertz CT molecular complexity index is 588. The number of rotatable bonds is 4. The second-order valence-corrected chi connectivity index (χ2v) is 4.06. The van der Waals surface area contributed by atoms with Crippen LogP contribution < -0.4 is 5.43 Å². The molecule has 0 fully saturated rings. The van der Waals surface area contributed by atoms with Crippen LogP contribution in [-0.4, -0.2) is 17.0 Å². The van der Waals surface area contributed by atoms with Crippen LogP contribution in [0, 0.1) is 10.1 Å². The maximum absolute atomic E-state index is 11.5. The summed E-state index contributed by atoms with van der Waals surface area (Å²) in [4.78, 5) is 21.7. The lowest BCUT2D eigenvalue weighted by Crippen LogP contribution is -2.15. The van der Waals surface area contributed by atoms with E-state index in [-0.39, 0.29) is 17.6 Å². The van der Waals surface area contributed by atoms with Gasteiger partial charge in [0.15, 0.2) is 5.76 Å². The summed E-state index contributed by atoms with van der Waals surface area (Å²) in [6, 6.07) is 6.01. The fourth-order valence-electron chi connectivity index (χ4n) is 1.13. The van der Waals surface area contributed by atoms with Crippen molar-refractivity contribution in [3.05, 3.63) is 50.4 Å². The van der Waals surface area contributed by atoms with Gasteiger partial charge in [-0.2, -0.15) is 5.10 Å². The van der Waals surface area contributed by atoms with Crippen LogP contribution in [0.2, 0.25) is 0 Å². The maximum Gasteiger partial charge on any atom is 0.433 e. The fraction of sp³-hybridized carbons (Fsp3) is 0. The van der Waals surface area contributed by atoms with E-state index < -0.39 is 4.92 Å². The third-order valence-corrected chi connectivity index (χ3v) is 2.76. The van der Waals surface area contributed by atoms with Crippen LogP contribution in [0.15, 0.2) is 39.2 Å². The molecule has 0 aliphatic rings.